The number of rotatable bonds is 6. The second-order valence-corrected chi connectivity index (χ2v) is 9.93. The van der Waals surface area contributed by atoms with Gasteiger partial charge in [-0.2, -0.15) is 18.3 Å². The highest BCUT2D eigenvalue weighted by Gasteiger charge is 2.34. The number of nitrogens with zero attached hydrogens (tertiary/aromatic N) is 3. The number of amides is 1. The maximum Gasteiger partial charge on any atom is 0.433 e. The lowest BCUT2D eigenvalue weighted by atomic mass is 9.90. The highest BCUT2D eigenvalue weighted by molar-refractivity contribution is 6.31. The molecule has 2 heterocycles. The Bertz CT molecular complexity index is 1450. The molecule has 0 unspecified atom stereocenters. The van der Waals surface area contributed by atoms with Crippen LogP contribution in [0.1, 0.15) is 48.8 Å². The summed E-state index contributed by atoms with van der Waals surface area (Å²) in [5, 5.41) is 11.9. The zero-order chi connectivity index (χ0) is 26.9. The fourth-order valence-corrected chi connectivity index (χ4v) is 5.16. The molecule has 10 heteroatoms. The first-order chi connectivity index (χ1) is 18.2. The Morgan fingerprint density at radius 3 is 2.58 bits per heavy atom. The van der Waals surface area contributed by atoms with E-state index in [0.29, 0.717) is 34.8 Å². The summed E-state index contributed by atoms with van der Waals surface area (Å²) in [6, 6.07) is 16.9. The van der Waals surface area contributed by atoms with E-state index in [1.807, 2.05) is 37.3 Å². The van der Waals surface area contributed by atoms with Crippen LogP contribution in [0, 0.1) is 0 Å². The van der Waals surface area contributed by atoms with Crippen LogP contribution >= 0.6 is 11.6 Å². The van der Waals surface area contributed by atoms with Gasteiger partial charge in [0, 0.05) is 40.3 Å². The van der Waals surface area contributed by atoms with Gasteiger partial charge in [0.2, 0.25) is 0 Å². The normalized spacial score (nSPS) is 17.9. The van der Waals surface area contributed by atoms with Crippen LogP contribution in [0.4, 0.5) is 18.9 Å². The van der Waals surface area contributed by atoms with E-state index in [0.717, 1.165) is 36.6 Å². The minimum Gasteiger partial charge on any atom is -0.382 e. The molecule has 1 amide bonds. The summed E-state index contributed by atoms with van der Waals surface area (Å²) in [5.41, 5.74) is 1.72. The number of aromatic nitrogens is 3. The van der Waals surface area contributed by atoms with Crippen LogP contribution in [0.3, 0.4) is 0 Å². The fourth-order valence-electron chi connectivity index (χ4n) is 4.98. The lowest BCUT2D eigenvalue weighted by Crippen LogP contribution is -2.42. The molecule has 1 aliphatic carbocycles. The third-order valence-corrected chi connectivity index (χ3v) is 7.05. The summed E-state index contributed by atoms with van der Waals surface area (Å²) in [6.45, 7) is 2.48. The lowest BCUT2D eigenvalue weighted by molar-refractivity contribution is -0.140. The van der Waals surface area contributed by atoms with Crippen LogP contribution in [-0.4, -0.2) is 32.8 Å². The van der Waals surface area contributed by atoms with Crippen molar-refractivity contribution in [1.82, 2.24) is 20.1 Å². The molecular formula is C28H27ClF3N5O. The van der Waals surface area contributed by atoms with Gasteiger partial charge in [-0.25, -0.2) is 4.98 Å². The minimum absolute atomic E-state index is 0.129. The van der Waals surface area contributed by atoms with Gasteiger partial charge in [0.1, 0.15) is 11.4 Å². The fraction of sp³-hybridized carbons (Fsp3) is 0.321. The van der Waals surface area contributed by atoms with Gasteiger partial charge in [-0.1, -0.05) is 41.9 Å². The van der Waals surface area contributed by atoms with Crippen LogP contribution in [0.5, 0.6) is 0 Å². The molecule has 0 saturated heterocycles. The van der Waals surface area contributed by atoms with Gasteiger partial charge < -0.3 is 10.6 Å². The molecule has 5 rings (SSSR count). The van der Waals surface area contributed by atoms with Crippen LogP contribution in [0.15, 0.2) is 60.7 Å². The molecule has 1 aliphatic rings. The molecule has 0 aliphatic heterocycles. The molecule has 2 atom stereocenters. The Labute approximate surface area is 223 Å². The van der Waals surface area contributed by atoms with Crippen LogP contribution in [-0.2, 0) is 12.7 Å². The number of alkyl halides is 3. The van der Waals surface area contributed by atoms with Crippen molar-refractivity contribution < 1.29 is 18.0 Å². The average Bonchev–Trinajstić information content (AvgIpc) is 3.34. The average molecular weight is 542 g/mol. The van der Waals surface area contributed by atoms with Crippen molar-refractivity contribution in [3.05, 3.63) is 77.1 Å². The SMILES string of the molecule is CCn1nc(-c2ccccc2)cc1C(=O)N[C@@H]1CCC[C@H](Nc2cc(C(F)(F)F)nc3ccc(Cl)cc23)C1. The molecule has 6 nitrogen and oxygen atoms in total. The van der Waals surface area contributed by atoms with Crippen LogP contribution in [0.2, 0.25) is 5.02 Å². The zero-order valence-corrected chi connectivity index (χ0v) is 21.5. The number of nitrogens with one attached hydrogen (secondary N) is 2. The number of halogens is 4. The number of benzene rings is 2. The van der Waals surface area contributed by atoms with E-state index in [1.54, 1.807) is 16.8 Å². The summed E-state index contributed by atoms with van der Waals surface area (Å²) < 4.78 is 42.2. The molecule has 0 radical (unpaired) electrons. The number of hydrogen-bond donors (Lipinski definition) is 2. The first-order valence-corrected chi connectivity index (χ1v) is 13.0. The Morgan fingerprint density at radius 1 is 1.08 bits per heavy atom. The Morgan fingerprint density at radius 2 is 1.84 bits per heavy atom. The van der Waals surface area contributed by atoms with Gasteiger partial charge in [-0.15, -0.1) is 0 Å². The topological polar surface area (TPSA) is 71.8 Å². The number of carbonyl (C=O) groups excluding carboxylic acids is 1. The van der Waals surface area contributed by atoms with E-state index in [1.165, 1.54) is 12.1 Å². The molecule has 198 valence electrons. The maximum atomic E-state index is 13.5. The van der Waals surface area contributed by atoms with Gasteiger partial charge >= 0.3 is 6.18 Å². The third kappa shape index (κ3) is 5.62. The number of hydrogen-bond acceptors (Lipinski definition) is 4. The number of fused-ring (bicyclic) bond motifs is 1. The first kappa shape index (κ1) is 26.0. The van der Waals surface area contributed by atoms with Gasteiger partial charge in [-0.05, 0) is 62.9 Å². The second kappa shape index (κ2) is 10.6. The molecule has 2 N–H and O–H groups in total. The summed E-state index contributed by atoms with van der Waals surface area (Å²) >= 11 is 6.13. The molecule has 0 spiro atoms. The largest absolute Gasteiger partial charge is 0.433 e. The summed E-state index contributed by atoms with van der Waals surface area (Å²) in [4.78, 5) is 17.0. The molecule has 1 saturated carbocycles. The van der Waals surface area contributed by atoms with Crippen molar-refractivity contribution in [2.24, 2.45) is 0 Å². The molecule has 38 heavy (non-hydrogen) atoms. The van der Waals surface area contributed by atoms with E-state index in [4.69, 9.17) is 11.6 Å². The molecular weight excluding hydrogens is 515 g/mol. The number of carbonyl (C=O) groups is 1. The van der Waals surface area contributed by atoms with Gasteiger partial charge in [0.15, 0.2) is 0 Å². The minimum atomic E-state index is -4.58. The standard InChI is InChI=1S/C28H27ClF3N5O/c1-2-37-25(15-23(36-37)17-7-4-3-5-8-17)27(38)34-20-10-6-9-19(14-20)33-24-16-26(28(30,31)32)35-22-12-11-18(29)13-21(22)24/h3-5,7-8,11-13,15-16,19-20H,2,6,9-10,14H2,1H3,(H,33,35)(H,34,38)/t19-,20+/m0/s1. The molecule has 0 bridgehead atoms. The summed E-state index contributed by atoms with van der Waals surface area (Å²) in [6.07, 6.45) is -1.63. The Balaban J connectivity index is 1.33. The van der Waals surface area contributed by atoms with E-state index in [-0.39, 0.29) is 23.5 Å². The van der Waals surface area contributed by atoms with Crippen molar-refractivity contribution in [3.8, 4) is 11.3 Å². The van der Waals surface area contributed by atoms with E-state index < -0.39 is 11.9 Å². The quantitative estimate of drug-likeness (QED) is 0.277. The van der Waals surface area contributed by atoms with Crippen LogP contribution < -0.4 is 10.6 Å². The molecule has 2 aromatic carbocycles. The Hall–Kier alpha value is -3.59. The van der Waals surface area contributed by atoms with Gasteiger partial charge in [0.05, 0.1) is 11.2 Å². The van der Waals surface area contributed by atoms with Crippen LogP contribution in [0.25, 0.3) is 22.2 Å². The van der Waals surface area contributed by atoms with Crippen molar-refractivity contribution in [3.63, 3.8) is 0 Å². The number of aryl methyl sites for hydroxylation is 1. The Kier molecular flexibility index (Phi) is 7.29. The highest BCUT2D eigenvalue weighted by atomic mass is 35.5. The van der Waals surface area contributed by atoms with E-state index in [9.17, 15) is 18.0 Å². The summed E-state index contributed by atoms with van der Waals surface area (Å²) in [5.74, 6) is -0.215. The highest BCUT2D eigenvalue weighted by Crippen LogP contribution is 2.35. The molecule has 1 fully saturated rings. The molecule has 4 aromatic rings. The molecule has 2 aromatic heterocycles. The van der Waals surface area contributed by atoms with Crippen molar-refractivity contribution in [2.45, 2.75) is 57.4 Å². The monoisotopic (exact) mass is 541 g/mol. The van der Waals surface area contributed by atoms with E-state index >= 15 is 0 Å². The summed E-state index contributed by atoms with van der Waals surface area (Å²) in [7, 11) is 0. The predicted octanol–water partition coefficient (Wildman–Crippen LogP) is 6.94. The first-order valence-electron chi connectivity index (χ1n) is 12.6. The van der Waals surface area contributed by atoms with Crippen molar-refractivity contribution in [1.29, 1.82) is 0 Å². The second-order valence-electron chi connectivity index (χ2n) is 9.49. The third-order valence-electron chi connectivity index (χ3n) is 6.81. The number of anilines is 1. The van der Waals surface area contributed by atoms with E-state index in [2.05, 4.69) is 20.7 Å². The number of pyridine rings is 1. The van der Waals surface area contributed by atoms with Gasteiger partial charge in [-0.3, -0.25) is 9.48 Å². The predicted molar refractivity (Wildman–Crippen MR) is 142 cm³/mol. The van der Waals surface area contributed by atoms with Gasteiger partial charge in [0.25, 0.3) is 5.91 Å². The smallest absolute Gasteiger partial charge is 0.382 e. The van der Waals surface area contributed by atoms with Crippen molar-refractivity contribution in [2.75, 3.05) is 5.32 Å². The zero-order valence-electron chi connectivity index (χ0n) is 20.7. The maximum absolute atomic E-state index is 13.5. The lowest BCUT2D eigenvalue weighted by Gasteiger charge is -2.31. The van der Waals surface area contributed by atoms with Crippen molar-refractivity contribution >= 4 is 34.1 Å².